The first-order valence-corrected chi connectivity index (χ1v) is 5.75. The van der Waals surface area contributed by atoms with Gasteiger partial charge in [-0.3, -0.25) is 0 Å². The van der Waals surface area contributed by atoms with E-state index in [-0.39, 0.29) is 10.8 Å². The molecule has 82 valence electrons. The molecule has 0 amide bonds. The molecular weight excluding hydrogens is 213 g/mol. The highest BCUT2D eigenvalue weighted by molar-refractivity contribution is 6.30. The van der Waals surface area contributed by atoms with Crippen molar-refractivity contribution in [1.29, 1.82) is 0 Å². The molecule has 3 heteroatoms. The number of halogens is 2. The van der Waals surface area contributed by atoms with Gasteiger partial charge < -0.3 is 5.32 Å². The average molecular weight is 228 g/mol. The van der Waals surface area contributed by atoms with Gasteiger partial charge in [0.25, 0.3) is 0 Å². The van der Waals surface area contributed by atoms with E-state index in [1.54, 1.807) is 6.07 Å². The van der Waals surface area contributed by atoms with Crippen LogP contribution < -0.4 is 5.32 Å². The van der Waals surface area contributed by atoms with Crippen molar-refractivity contribution >= 4 is 11.6 Å². The molecule has 1 N–H and O–H groups in total. The molecule has 2 rings (SSSR count). The molecule has 0 bridgehead atoms. The molecule has 0 saturated carbocycles. The van der Waals surface area contributed by atoms with Crippen molar-refractivity contribution in [3.8, 4) is 0 Å². The third-order valence-electron chi connectivity index (χ3n) is 2.99. The second-order valence-corrected chi connectivity index (χ2v) is 4.53. The topological polar surface area (TPSA) is 12.0 Å². The lowest BCUT2D eigenvalue weighted by atomic mass is 9.94. The van der Waals surface area contributed by atoms with E-state index in [1.807, 2.05) is 6.92 Å². The Hall–Kier alpha value is -0.600. The third-order valence-corrected chi connectivity index (χ3v) is 3.28. The van der Waals surface area contributed by atoms with Crippen LogP contribution in [-0.2, 0) is 0 Å². The summed E-state index contributed by atoms with van der Waals surface area (Å²) in [6.07, 6.45) is 3.57. The first-order chi connectivity index (χ1) is 7.18. The number of rotatable bonds is 1. The fourth-order valence-electron chi connectivity index (χ4n) is 2.15. The summed E-state index contributed by atoms with van der Waals surface area (Å²) < 4.78 is 13.2. The molecule has 1 nitrogen and oxygen atoms in total. The van der Waals surface area contributed by atoms with Crippen molar-refractivity contribution in [3.63, 3.8) is 0 Å². The van der Waals surface area contributed by atoms with Crippen LogP contribution in [-0.4, -0.2) is 6.54 Å². The Morgan fingerprint density at radius 1 is 1.40 bits per heavy atom. The van der Waals surface area contributed by atoms with Crippen LogP contribution >= 0.6 is 11.6 Å². The summed E-state index contributed by atoms with van der Waals surface area (Å²) >= 11 is 5.80. The van der Waals surface area contributed by atoms with Gasteiger partial charge in [0, 0.05) is 6.04 Å². The highest BCUT2D eigenvalue weighted by Gasteiger charge is 2.17. The van der Waals surface area contributed by atoms with Crippen molar-refractivity contribution in [1.82, 2.24) is 5.32 Å². The van der Waals surface area contributed by atoms with E-state index in [0.717, 1.165) is 24.1 Å². The Bertz CT molecular complexity index is 359. The molecule has 1 heterocycles. The first kappa shape index (κ1) is 10.9. The molecule has 1 aliphatic heterocycles. The zero-order valence-corrected chi connectivity index (χ0v) is 9.57. The zero-order chi connectivity index (χ0) is 10.8. The first-order valence-electron chi connectivity index (χ1n) is 5.37. The Morgan fingerprint density at radius 3 is 2.87 bits per heavy atom. The van der Waals surface area contributed by atoms with E-state index in [1.165, 1.54) is 18.9 Å². The highest BCUT2D eigenvalue weighted by Crippen LogP contribution is 2.29. The Morgan fingerprint density at radius 2 is 2.20 bits per heavy atom. The lowest BCUT2D eigenvalue weighted by Crippen LogP contribution is -2.27. The molecule has 0 spiro atoms. The number of hydrogen-bond donors (Lipinski definition) is 1. The van der Waals surface area contributed by atoms with Crippen LogP contribution in [0.25, 0.3) is 0 Å². The summed E-state index contributed by atoms with van der Waals surface area (Å²) in [5, 5.41) is 3.67. The molecule has 1 aliphatic rings. The van der Waals surface area contributed by atoms with Crippen LogP contribution in [0.1, 0.15) is 36.4 Å². The van der Waals surface area contributed by atoms with Gasteiger partial charge in [-0.15, -0.1) is 0 Å². The lowest BCUT2D eigenvalue weighted by molar-refractivity contribution is 0.410. The van der Waals surface area contributed by atoms with Gasteiger partial charge in [0.05, 0.1) is 5.02 Å². The molecule has 15 heavy (non-hydrogen) atoms. The quantitative estimate of drug-likeness (QED) is 0.773. The molecule has 0 aromatic heterocycles. The minimum Gasteiger partial charge on any atom is -0.310 e. The van der Waals surface area contributed by atoms with Gasteiger partial charge in [-0.25, -0.2) is 4.39 Å². The standard InChI is InChI=1S/C12H15ClFN/c1-8-6-11(14)10(13)7-9(8)12-4-2-3-5-15-12/h6-7,12,15H,2-5H2,1H3. The summed E-state index contributed by atoms with van der Waals surface area (Å²) in [5.74, 6) is -0.325. The average Bonchev–Trinajstić information content (AvgIpc) is 2.25. The highest BCUT2D eigenvalue weighted by atomic mass is 35.5. The van der Waals surface area contributed by atoms with Gasteiger partial charge in [0.1, 0.15) is 5.82 Å². The summed E-state index contributed by atoms with van der Waals surface area (Å²) in [7, 11) is 0. The fourth-order valence-corrected chi connectivity index (χ4v) is 2.33. The van der Waals surface area contributed by atoms with Crippen molar-refractivity contribution < 1.29 is 4.39 Å². The molecule has 0 aliphatic carbocycles. The smallest absolute Gasteiger partial charge is 0.142 e. The van der Waals surface area contributed by atoms with Crippen molar-refractivity contribution in [3.05, 3.63) is 34.1 Å². The Balaban J connectivity index is 2.30. The normalized spacial score (nSPS) is 21.7. The van der Waals surface area contributed by atoms with E-state index in [9.17, 15) is 4.39 Å². The molecule has 1 atom stereocenters. The number of aryl methyl sites for hydroxylation is 1. The van der Waals surface area contributed by atoms with E-state index in [0.29, 0.717) is 6.04 Å². The SMILES string of the molecule is Cc1cc(F)c(Cl)cc1C1CCCCN1. The van der Waals surface area contributed by atoms with Crippen molar-refractivity contribution in [2.75, 3.05) is 6.54 Å². The number of piperidine rings is 1. The monoisotopic (exact) mass is 227 g/mol. The van der Waals surface area contributed by atoms with Crippen molar-refractivity contribution in [2.45, 2.75) is 32.2 Å². The van der Waals surface area contributed by atoms with E-state index in [2.05, 4.69) is 5.32 Å². The Labute approximate surface area is 94.6 Å². The minimum atomic E-state index is -0.325. The molecule has 1 aromatic carbocycles. The number of nitrogens with one attached hydrogen (secondary N) is 1. The molecule has 1 fully saturated rings. The summed E-state index contributed by atoms with van der Waals surface area (Å²) in [4.78, 5) is 0. The van der Waals surface area contributed by atoms with Gasteiger partial charge in [0.2, 0.25) is 0 Å². The zero-order valence-electron chi connectivity index (χ0n) is 8.82. The predicted octanol–water partition coefficient (Wildman–Crippen LogP) is 3.60. The number of benzene rings is 1. The second kappa shape index (κ2) is 4.50. The fraction of sp³-hybridized carbons (Fsp3) is 0.500. The minimum absolute atomic E-state index is 0.225. The number of hydrogen-bond acceptors (Lipinski definition) is 1. The van der Waals surface area contributed by atoms with Crippen LogP contribution in [0.4, 0.5) is 4.39 Å². The third kappa shape index (κ3) is 2.32. The van der Waals surface area contributed by atoms with Gasteiger partial charge in [0.15, 0.2) is 0 Å². The largest absolute Gasteiger partial charge is 0.310 e. The summed E-state index contributed by atoms with van der Waals surface area (Å²) in [5.41, 5.74) is 2.12. The van der Waals surface area contributed by atoms with Gasteiger partial charge in [-0.1, -0.05) is 18.0 Å². The molecule has 1 aromatic rings. The summed E-state index contributed by atoms with van der Waals surface area (Å²) in [6, 6.07) is 3.63. The predicted molar refractivity (Wildman–Crippen MR) is 60.7 cm³/mol. The van der Waals surface area contributed by atoms with E-state index < -0.39 is 0 Å². The van der Waals surface area contributed by atoms with Gasteiger partial charge in [-0.2, -0.15) is 0 Å². The molecular formula is C12H15ClFN. The van der Waals surface area contributed by atoms with Crippen LogP contribution in [0.2, 0.25) is 5.02 Å². The van der Waals surface area contributed by atoms with Crippen LogP contribution in [0.15, 0.2) is 12.1 Å². The Kier molecular flexibility index (Phi) is 3.27. The van der Waals surface area contributed by atoms with Gasteiger partial charge in [-0.05, 0) is 49.6 Å². The van der Waals surface area contributed by atoms with E-state index >= 15 is 0 Å². The maximum atomic E-state index is 13.2. The molecule has 1 unspecified atom stereocenters. The maximum Gasteiger partial charge on any atom is 0.142 e. The lowest BCUT2D eigenvalue weighted by Gasteiger charge is -2.25. The van der Waals surface area contributed by atoms with Crippen LogP contribution in [0.3, 0.4) is 0 Å². The van der Waals surface area contributed by atoms with E-state index in [4.69, 9.17) is 11.6 Å². The second-order valence-electron chi connectivity index (χ2n) is 4.13. The molecule has 1 saturated heterocycles. The summed E-state index contributed by atoms with van der Waals surface area (Å²) in [6.45, 7) is 2.98. The molecule has 0 radical (unpaired) electrons. The maximum absolute atomic E-state index is 13.2. The van der Waals surface area contributed by atoms with Gasteiger partial charge >= 0.3 is 0 Å². The van der Waals surface area contributed by atoms with Crippen LogP contribution in [0.5, 0.6) is 0 Å². The van der Waals surface area contributed by atoms with Crippen LogP contribution in [0, 0.1) is 12.7 Å². The van der Waals surface area contributed by atoms with Crippen molar-refractivity contribution in [2.24, 2.45) is 0 Å².